The van der Waals surface area contributed by atoms with Gasteiger partial charge in [-0.1, -0.05) is 62.4 Å². The third-order valence-corrected chi connectivity index (χ3v) is 4.51. The zero-order chi connectivity index (χ0) is 14.3. The van der Waals surface area contributed by atoms with Crippen molar-refractivity contribution in [3.63, 3.8) is 0 Å². The quantitative estimate of drug-likeness (QED) is 0.668. The molecule has 20 heavy (non-hydrogen) atoms. The van der Waals surface area contributed by atoms with Crippen LogP contribution in [0, 0.1) is 0 Å². The van der Waals surface area contributed by atoms with Gasteiger partial charge in [0.05, 0.1) is 6.10 Å². The molecule has 0 heterocycles. The van der Waals surface area contributed by atoms with Gasteiger partial charge in [-0.05, 0) is 40.1 Å². The monoisotopic (exact) mass is 264 g/mol. The first-order valence-electron chi connectivity index (χ1n) is 7.11. The number of aliphatic hydroxyl groups is 1. The summed E-state index contributed by atoms with van der Waals surface area (Å²) in [6.45, 7) is 6.08. The van der Waals surface area contributed by atoms with Gasteiger partial charge in [-0.3, -0.25) is 0 Å². The van der Waals surface area contributed by atoms with Crippen molar-refractivity contribution in [3.8, 4) is 0 Å². The zero-order valence-corrected chi connectivity index (χ0v) is 12.2. The Morgan fingerprint density at radius 1 is 0.850 bits per heavy atom. The van der Waals surface area contributed by atoms with E-state index in [-0.39, 0.29) is 5.41 Å². The van der Waals surface area contributed by atoms with E-state index in [2.05, 4.69) is 68.4 Å². The standard InChI is InChI=1S/C19H20O/c1-13(20)19(2,3)18-12-14-8-4-5-9-15(14)16-10-6-7-11-17(16)18/h4-13,20H,1-3H3. The van der Waals surface area contributed by atoms with Crippen LogP contribution in [0.4, 0.5) is 0 Å². The van der Waals surface area contributed by atoms with Gasteiger partial charge in [-0.25, -0.2) is 0 Å². The Morgan fingerprint density at radius 2 is 1.40 bits per heavy atom. The average Bonchev–Trinajstić information content (AvgIpc) is 2.46. The largest absolute Gasteiger partial charge is 0.393 e. The topological polar surface area (TPSA) is 20.2 Å². The molecule has 0 fully saturated rings. The molecule has 0 aliphatic heterocycles. The Labute approximate surface area is 119 Å². The Morgan fingerprint density at radius 3 is 2.05 bits per heavy atom. The number of rotatable bonds is 2. The van der Waals surface area contributed by atoms with Crippen molar-refractivity contribution in [2.45, 2.75) is 32.3 Å². The van der Waals surface area contributed by atoms with Gasteiger partial charge >= 0.3 is 0 Å². The van der Waals surface area contributed by atoms with Crippen molar-refractivity contribution < 1.29 is 5.11 Å². The molecule has 0 amide bonds. The molecule has 0 bridgehead atoms. The van der Waals surface area contributed by atoms with Crippen LogP contribution in [0.15, 0.2) is 54.6 Å². The van der Waals surface area contributed by atoms with Gasteiger partial charge in [0, 0.05) is 5.41 Å². The van der Waals surface area contributed by atoms with Crippen molar-refractivity contribution >= 4 is 21.5 Å². The van der Waals surface area contributed by atoms with Crippen molar-refractivity contribution in [2.75, 3.05) is 0 Å². The van der Waals surface area contributed by atoms with Crippen LogP contribution in [0.2, 0.25) is 0 Å². The maximum Gasteiger partial charge on any atom is 0.0603 e. The first kappa shape index (κ1) is 13.1. The molecule has 0 aromatic heterocycles. The van der Waals surface area contributed by atoms with Crippen LogP contribution in [0.1, 0.15) is 26.3 Å². The fourth-order valence-electron chi connectivity index (χ4n) is 2.81. The molecule has 1 nitrogen and oxygen atoms in total. The minimum atomic E-state index is -0.396. The number of benzene rings is 3. The highest BCUT2D eigenvalue weighted by Crippen LogP contribution is 2.37. The Hall–Kier alpha value is -1.86. The molecule has 3 aromatic rings. The lowest BCUT2D eigenvalue weighted by Crippen LogP contribution is -2.31. The summed E-state index contributed by atoms with van der Waals surface area (Å²) in [5.41, 5.74) is 0.936. The predicted molar refractivity (Wildman–Crippen MR) is 86.2 cm³/mol. The molecule has 3 aromatic carbocycles. The lowest BCUT2D eigenvalue weighted by Gasteiger charge is -2.30. The van der Waals surface area contributed by atoms with E-state index >= 15 is 0 Å². The van der Waals surface area contributed by atoms with Crippen molar-refractivity contribution in [1.82, 2.24) is 0 Å². The third kappa shape index (κ3) is 1.90. The minimum Gasteiger partial charge on any atom is -0.393 e. The third-order valence-electron chi connectivity index (χ3n) is 4.51. The summed E-state index contributed by atoms with van der Waals surface area (Å²) in [5, 5.41) is 15.2. The van der Waals surface area contributed by atoms with Crippen LogP contribution in [0.3, 0.4) is 0 Å². The predicted octanol–water partition coefficient (Wildman–Crippen LogP) is 4.65. The van der Waals surface area contributed by atoms with E-state index in [1.165, 1.54) is 27.1 Å². The van der Waals surface area contributed by atoms with Gasteiger partial charge in [0.25, 0.3) is 0 Å². The van der Waals surface area contributed by atoms with Crippen LogP contribution in [-0.2, 0) is 5.41 Å². The molecule has 102 valence electrons. The lowest BCUT2D eigenvalue weighted by atomic mass is 9.77. The fraction of sp³-hybridized carbons (Fsp3) is 0.263. The van der Waals surface area contributed by atoms with Crippen LogP contribution >= 0.6 is 0 Å². The van der Waals surface area contributed by atoms with E-state index in [1.807, 2.05) is 6.92 Å². The van der Waals surface area contributed by atoms with Gasteiger partial charge in [0.1, 0.15) is 0 Å². The summed E-state index contributed by atoms with van der Waals surface area (Å²) >= 11 is 0. The van der Waals surface area contributed by atoms with Gasteiger partial charge in [-0.2, -0.15) is 0 Å². The summed E-state index contributed by atoms with van der Waals surface area (Å²) in [5.74, 6) is 0. The minimum absolute atomic E-state index is 0.274. The lowest BCUT2D eigenvalue weighted by molar-refractivity contribution is 0.119. The van der Waals surface area contributed by atoms with Crippen LogP contribution < -0.4 is 0 Å². The zero-order valence-electron chi connectivity index (χ0n) is 12.2. The summed E-state index contributed by atoms with van der Waals surface area (Å²) in [6.07, 6.45) is -0.396. The smallest absolute Gasteiger partial charge is 0.0603 e. The number of hydrogen-bond donors (Lipinski definition) is 1. The number of aliphatic hydroxyl groups excluding tert-OH is 1. The Bertz CT molecular complexity index is 769. The second-order valence-corrected chi connectivity index (χ2v) is 6.09. The number of fused-ring (bicyclic) bond motifs is 3. The van der Waals surface area contributed by atoms with Gasteiger partial charge < -0.3 is 5.11 Å². The van der Waals surface area contributed by atoms with Gasteiger partial charge in [0.2, 0.25) is 0 Å². The molecular formula is C19H20O. The van der Waals surface area contributed by atoms with E-state index in [4.69, 9.17) is 0 Å². The summed E-state index contributed by atoms with van der Waals surface area (Å²) < 4.78 is 0. The van der Waals surface area contributed by atoms with Crippen molar-refractivity contribution in [1.29, 1.82) is 0 Å². The fourth-order valence-corrected chi connectivity index (χ4v) is 2.81. The maximum atomic E-state index is 10.2. The van der Waals surface area contributed by atoms with Crippen LogP contribution in [-0.4, -0.2) is 11.2 Å². The van der Waals surface area contributed by atoms with Crippen molar-refractivity contribution in [2.24, 2.45) is 0 Å². The molecule has 0 saturated heterocycles. The molecule has 0 saturated carbocycles. The molecule has 1 atom stereocenters. The Kier molecular flexibility index (Phi) is 3.02. The number of hydrogen-bond acceptors (Lipinski definition) is 1. The normalized spacial score (nSPS) is 13.8. The van der Waals surface area contributed by atoms with E-state index in [0.29, 0.717) is 0 Å². The molecule has 1 heteroatoms. The van der Waals surface area contributed by atoms with E-state index in [1.54, 1.807) is 0 Å². The first-order chi connectivity index (χ1) is 9.51. The highest BCUT2D eigenvalue weighted by molar-refractivity contribution is 6.09. The summed E-state index contributed by atoms with van der Waals surface area (Å²) in [6, 6.07) is 19.1. The molecule has 0 aliphatic rings. The Balaban J connectivity index is 2.47. The molecule has 0 spiro atoms. The van der Waals surface area contributed by atoms with Gasteiger partial charge in [-0.15, -0.1) is 0 Å². The molecule has 0 radical (unpaired) electrons. The van der Waals surface area contributed by atoms with Crippen molar-refractivity contribution in [3.05, 3.63) is 60.2 Å². The molecular weight excluding hydrogens is 244 g/mol. The molecule has 1 unspecified atom stereocenters. The van der Waals surface area contributed by atoms with Crippen LogP contribution in [0.5, 0.6) is 0 Å². The second-order valence-electron chi connectivity index (χ2n) is 6.09. The second kappa shape index (κ2) is 4.60. The summed E-state index contributed by atoms with van der Waals surface area (Å²) in [4.78, 5) is 0. The maximum absolute atomic E-state index is 10.2. The average molecular weight is 264 g/mol. The molecule has 1 N–H and O–H groups in total. The molecule has 3 rings (SSSR count). The highest BCUT2D eigenvalue weighted by atomic mass is 16.3. The van der Waals surface area contributed by atoms with E-state index in [0.717, 1.165) is 0 Å². The van der Waals surface area contributed by atoms with E-state index < -0.39 is 6.10 Å². The van der Waals surface area contributed by atoms with Crippen LogP contribution in [0.25, 0.3) is 21.5 Å². The van der Waals surface area contributed by atoms with Gasteiger partial charge in [0.15, 0.2) is 0 Å². The van der Waals surface area contributed by atoms with E-state index in [9.17, 15) is 5.11 Å². The summed E-state index contributed by atoms with van der Waals surface area (Å²) in [7, 11) is 0. The molecule has 0 aliphatic carbocycles. The SMILES string of the molecule is CC(O)C(C)(C)c1cc2ccccc2c2ccccc12. The highest BCUT2D eigenvalue weighted by Gasteiger charge is 2.28. The first-order valence-corrected chi connectivity index (χ1v) is 7.11.